The number of hydrogen-bond donors (Lipinski definition) is 1. The zero-order chi connectivity index (χ0) is 20.8. The summed E-state index contributed by atoms with van der Waals surface area (Å²) in [4.78, 5) is 18.0. The summed E-state index contributed by atoms with van der Waals surface area (Å²) in [5.41, 5.74) is 5.74. The maximum atomic E-state index is 5.83. The lowest BCUT2D eigenvalue weighted by Gasteiger charge is -2.45. The van der Waals surface area contributed by atoms with Crippen LogP contribution in [-0.4, -0.2) is 47.3 Å². The molecule has 2 aromatic heterocycles. The van der Waals surface area contributed by atoms with Gasteiger partial charge in [0.05, 0.1) is 25.5 Å². The molecule has 4 aromatic rings. The van der Waals surface area contributed by atoms with E-state index in [4.69, 9.17) is 14.7 Å². The third-order valence-corrected chi connectivity index (χ3v) is 6.40. The van der Waals surface area contributed by atoms with Gasteiger partial charge in [-0.15, -0.1) is 0 Å². The first-order valence-corrected chi connectivity index (χ1v) is 11.0. The lowest BCUT2D eigenvalue weighted by molar-refractivity contribution is 0.0945. The van der Waals surface area contributed by atoms with E-state index in [1.165, 1.54) is 11.3 Å². The SMILES string of the molecule is CCc1cccc(N2C[C@@H]3COCCN3c3nc(-c4cccc5[nH]ccc45)ncc32)c1. The van der Waals surface area contributed by atoms with Gasteiger partial charge in [0, 0.05) is 41.4 Å². The van der Waals surface area contributed by atoms with Crippen LogP contribution in [0.25, 0.3) is 22.3 Å². The van der Waals surface area contributed by atoms with Crippen molar-refractivity contribution in [2.75, 3.05) is 36.1 Å². The highest BCUT2D eigenvalue weighted by atomic mass is 16.5. The van der Waals surface area contributed by atoms with Gasteiger partial charge in [0.1, 0.15) is 5.69 Å². The number of benzene rings is 2. The van der Waals surface area contributed by atoms with Crippen LogP contribution < -0.4 is 9.80 Å². The molecule has 1 fully saturated rings. The number of ether oxygens (including phenoxy) is 1. The van der Waals surface area contributed by atoms with Crippen LogP contribution in [0, 0.1) is 0 Å². The Bertz CT molecular complexity index is 1250. The van der Waals surface area contributed by atoms with Crippen molar-refractivity contribution in [3.63, 3.8) is 0 Å². The molecule has 0 bridgehead atoms. The van der Waals surface area contributed by atoms with Crippen molar-refractivity contribution < 1.29 is 4.74 Å². The summed E-state index contributed by atoms with van der Waals surface area (Å²) in [6, 6.07) is 17.4. The fourth-order valence-corrected chi connectivity index (χ4v) is 4.76. The fourth-order valence-electron chi connectivity index (χ4n) is 4.76. The first-order chi connectivity index (χ1) is 15.3. The largest absolute Gasteiger partial charge is 0.377 e. The van der Waals surface area contributed by atoms with Crippen molar-refractivity contribution in [3.8, 4) is 11.4 Å². The third-order valence-electron chi connectivity index (χ3n) is 6.40. The molecule has 2 aromatic carbocycles. The third kappa shape index (κ3) is 3.06. The number of hydrogen-bond acceptors (Lipinski definition) is 5. The van der Waals surface area contributed by atoms with Crippen molar-refractivity contribution in [1.82, 2.24) is 15.0 Å². The number of nitrogens with one attached hydrogen (secondary N) is 1. The van der Waals surface area contributed by atoms with Crippen molar-refractivity contribution in [1.29, 1.82) is 0 Å². The number of nitrogens with zero attached hydrogens (tertiary/aromatic N) is 4. The molecule has 0 saturated carbocycles. The van der Waals surface area contributed by atoms with Gasteiger partial charge in [-0.2, -0.15) is 0 Å². The Labute approximate surface area is 181 Å². The molecule has 0 spiro atoms. The van der Waals surface area contributed by atoms with Crippen LogP contribution in [0.2, 0.25) is 0 Å². The maximum absolute atomic E-state index is 5.83. The Hall–Kier alpha value is -3.38. The van der Waals surface area contributed by atoms with E-state index in [0.717, 1.165) is 66.5 Å². The quantitative estimate of drug-likeness (QED) is 0.536. The minimum Gasteiger partial charge on any atom is -0.377 e. The van der Waals surface area contributed by atoms with Gasteiger partial charge < -0.3 is 19.5 Å². The van der Waals surface area contributed by atoms with Gasteiger partial charge in [-0.3, -0.25) is 0 Å². The minimum atomic E-state index is 0.275. The highest BCUT2D eigenvalue weighted by Crippen LogP contribution is 2.40. The van der Waals surface area contributed by atoms with Gasteiger partial charge in [-0.05, 0) is 36.2 Å². The molecule has 2 aliphatic heterocycles. The number of aryl methyl sites for hydroxylation is 1. The van der Waals surface area contributed by atoms with E-state index in [9.17, 15) is 0 Å². The van der Waals surface area contributed by atoms with Gasteiger partial charge in [0.2, 0.25) is 0 Å². The smallest absolute Gasteiger partial charge is 0.162 e. The van der Waals surface area contributed by atoms with Crippen molar-refractivity contribution in [3.05, 3.63) is 66.5 Å². The molecule has 4 heterocycles. The molecular weight excluding hydrogens is 386 g/mol. The second-order valence-corrected chi connectivity index (χ2v) is 8.20. The number of aromatic amines is 1. The van der Waals surface area contributed by atoms with Crippen molar-refractivity contribution in [2.24, 2.45) is 0 Å². The summed E-state index contributed by atoms with van der Waals surface area (Å²) in [6.45, 7) is 5.36. The number of morpholine rings is 1. The molecule has 156 valence electrons. The highest BCUT2D eigenvalue weighted by molar-refractivity contribution is 5.94. The second kappa shape index (κ2) is 7.39. The van der Waals surface area contributed by atoms with Gasteiger partial charge >= 0.3 is 0 Å². The van der Waals surface area contributed by atoms with E-state index in [-0.39, 0.29) is 6.04 Å². The van der Waals surface area contributed by atoms with E-state index in [1.807, 2.05) is 12.4 Å². The molecule has 0 radical (unpaired) electrons. The van der Waals surface area contributed by atoms with Gasteiger partial charge in [0.15, 0.2) is 11.6 Å². The standard InChI is InChI=1S/C25H25N5O/c1-2-17-5-3-6-18(13-17)30-15-19-16-31-12-11-29(19)25-23(30)14-27-24(28-25)21-7-4-8-22-20(21)9-10-26-22/h3-10,13-14,19,26H,2,11-12,15-16H2,1H3/t19-/m1/s1. The number of H-pyrrole nitrogens is 1. The summed E-state index contributed by atoms with van der Waals surface area (Å²) < 4.78 is 5.83. The normalized spacial score (nSPS) is 18.2. The molecule has 0 amide bonds. The molecule has 0 unspecified atom stereocenters. The summed E-state index contributed by atoms with van der Waals surface area (Å²) >= 11 is 0. The number of fused-ring (bicyclic) bond motifs is 4. The van der Waals surface area contributed by atoms with Crippen LogP contribution in [0.15, 0.2) is 60.9 Å². The molecule has 1 atom stereocenters. The molecule has 2 aliphatic rings. The number of aromatic nitrogens is 3. The predicted octanol–water partition coefficient (Wildman–Crippen LogP) is 4.54. The zero-order valence-electron chi connectivity index (χ0n) is 17.6. The molecule has 1 saturated heterocycles. The lowest BCUT2D eigenvalue weighted by atomic mass is 10.1. The Balaban J connectivity index is 1.50. The predicted molar refractivity (Wildman–Crippen MR) is 124 cm³/mol. The molecule has 6 nitrogen and oxygen atoms in total. The topological polar surface area (TPSA) is 57.3 Å². The van der Waals surface area contributed by atoms with Crippen LogP contribution in [0.5, 0.6) is 0 Å². The van der Waals surface area contributed by atoms with Crippen LogP contribution in [0.3, 0.4) is 0 Å². The molecule has 6 heteroatoms. The summed E-state index contributed by atoms with van der Waals surface area (Å²) in [5, 5.41) is 1.14. The Morgan fingerprint density at radius 2 is 2.10 bits per heavy atom. The van der Waals surface area contributed by atoms with Crippen molar-refractivity contribution >= 4 is 28.1 Å². The van der Waals surface area contributed by atoms with Crippen molar-refractivity contribution in [2.45, 2.75) is 19.4 Å². The Kier molecular flexibility index (Phi) is 4.39. The monoisotopic (exact) mass is 411 g/mol. The van der Waals surface area contributed by atoms with E-state index in [2.05, 4.69) is 70.2 Å². The first kappa shape index (κ1) is 18.4. The van der Waals surface area contributed by atoms with E-state index in [0.29, 0.717) is 0 Å². The van der Waals surface area contributed by atoms with Gasteiger partial charge in [-0.25, -0.2) is 9.97 Å². The van der Waals surface area contributed by atoms with Crippen LogP contribution >= 0.6 is 0 Å². The van der Waals surface area contributed by atoms with E-state index >= 15 is 0 Å². The minimum absolute atomic E-state index is 0.275. The lowest BCUT2D eigenvalue weighted by Crippen LogP contribution is -2.54. The average Bonchev–Trinajstić information content (AvgIpc) is 3.32. The molecule has 1 N–H and O–H groups in total. The zero-order valence-corrected chi connectivity index (χ0v) is 17.6. The molecule has 0 aliphatic carbocycles. The highest BCUT2D eigenvalue weighted by Gasteiger charge is 2.35. The van der Waals surface area contributed by atoms with Crippen LogP contribution in [0.4, 0.5) is 17.2 Å². The number of anilines is 3. The summed E-state index contributed by atoms with van der Waals surface area (Å²) in [5.74, 6) is 1.76. The molecular formula is C25H25N5O. The first-order valence-electron chi connectivity index (χ1n) is 11.0. The van der Waals surface area contributed by atoms with Crippen LogP contribution in [0.1, 0.15) is 12.5 Å². The number of rotatable bonds is 3. The Morgan fingerprint density at radius 1 is 1.16 bits per heavy atom. The van der Waals surface area contributed by atoms with Crippen LogP contribution in [-0.2, 0) is 11.2 Å². The van der Waals surface area contributed by atoms with Gasteiger partial charge in [-0.1, -0.05) is 31.2 Å². The van der Waals surface area contributed by atoms with E-state index in [1.54, 1.807) is 0 Å². The van der Waals surface area contributed by atoms with Gasteiger partial charge in [0.25, 0.3) is 0 Å². The van der Waals surface area contributed by atoms with E-state index < -0.39 is 0 Å². The second-order valence-electron chi connectivity index (χ2n) is 8.20. The summed E-state index contributed by atoms with van der Waals surface area (Å²) in [7, 11) is 0. The summed E-state index contributed by atoms with van der Waals surface area (Å²) in [6.07, 6.45) is 4.98. The molecule has 31 heavy (non-hydrogen) atoms. The maximum Gasteiger partial charge on any atom is 0.162 e. The average molecular weight is 412 g/mol. The fraction of sp³-hybridized carbons (Fsp3) is 0.280. The molecule has 6 rings (SSSR count). The Morgan fingerprint density at radius 3 is 3.03 bits per heavy atom.